The summed E-state index contributed by atoms with van der Waals surface area (Å²) in [6, 6.07) is 23.5. The summed E-state index contributed by atoms with van der Waals surface area (Å²) in [5.41, 5.74) is 6.67. The fraction of sp³-hybridized carbons (Fsp3) is 0.346. The van der Waals surface area contributed by atoms with Gasteiger partial charge in [-0.15, -0.1) is 10.2 Å². The van der Waals surface area contributed by atoms with E-state index in [0.717, 1.165) is 48.2 Å². The fourth-order valence-electron chi connectivity index (χ4n) is 3.44. The standard InChI is InChI=1S/C26H29N3/c1-2-3-5-8-21-10-14-23(15-11-21)25-18-19-26(29-28-25)24-16-12-22(13-17-24)9-6-4-7-20-27/h10-19H,2-9H2,1H3. The lowest BCUT2D eigenvalue weighted by atomic mass is 10.0. The molecule has 0 spiro atoms. The van der Waals surface area contributed by atoms with Crippen LogP contribution in [0.15, 0.2) is 60.7 Å². The van der Waals surface area contributed by atoms with Gasteiger partial charge in [-0.2, -0.15) is 5.26 Å². The average molecular weight is 384 g/mol. The van der Waals surface area contributed by atoms with Gasteiger partial charge in [0.15, 0.2) is 0 Å². The van der Waals surface area contributed by atoms with Crippen LogP contribution in [-0.2, 0) is 12.8 Å². The van der Waals surface area contributed by atoms with Crippen LogP contribution in [0.1, 0.15) is 56.6 Å². The molecule has 2 aromatic carbocycles. The highest BCUT2D eigenvalue weighted by Crippen LogP contribution is 2.22. The van der Waals surface area contributed by atoms with E-state index in [1.807, 2.05) is 12.1 Å². The van der Waals surface area contributed by atoms with E-state index < -0.39 is 0 Å². The van der Waals surface area contributed by atoms with Crippen LogP contribution in [0.4, 0.5) is 0 Å². The molecule has 1 heterocycles. The number of nitriles is 1. The molecule has 0 fully saturated rings. The molecule has 0 N–H and O–H groups in total. The van der Waals surface area contributed by atoms with E-state index in [-0.39, 0.29) is 0 Å². The molecule has 3 nitrogen and oxygen atoms in total. The molecule has 3 heteroatoms. The predicted molar refractivity (Wildman–Crippen MR) is 119 cm³/mol. The van der Waals surface area contributed by atoms with E-state index in [1.165, 1.54) is 30.4 Å². The Hall–Kier alpha value is -2.99. The van der Waals surface area contributed by atoms with Crippen molar-refractivity contribution >= 4 is 0 Å². The quantitative estimate of drug-likeness (QED) is 0.363. The minimum absolute atomic E-state index is 0.640. The van der Waals surface area contributed by atoms with Gasteiger partial charge in [0.1, 0.15) is 0 Å². The number of aromatic nitrogens is 2. The Morgan fingerprint density at radius 1 is 0.655 bits per heavy atom. The molecule has 0 atom stereocenters. The third-order valence-corrected chi connectivity index (χ3v) is 5.24. The number of aryl methyl sites for hydroxylation is 2. The Balaban J connectivity index is 1.60. The molecule has 0 aliphatic carbocycles. The largest absolute Gasteiger partial charge is 0.198 e. The van der Waals surface area contributed by atoms with Crippen molar-refractivity contribution in [3.05, 3.63) is 71.8 Å². The lowest BCUT2D eigenvalue weighted by molar-refractivity contribution is 0.717. The highest BCUT2D eigenvalue weighted by molar-refractivity contribution is 5.64. The highest BCUT2D eigenvalue weighted by Gasteiger charge is 2.04. The molecule has 3 rings (SSSR count). The summed E-state index contributed by atoms with van der Waals surface area (Å²) in [6.45, 7) is 2.23. The summed E-state index contributed by atoms with van der Waals surface area (Å²) >= 11 is 0. The molecule has 0 bridgehead atoms. The Kier molecular flexibility index (Phi) is 7.95. The van der Waals surface area contributed by atoms with Gasteiger partial charge >= 0.3 is 0 Å². The minimum atomic E-state index is 0.640. The number of hydrogen-bond donors (Lipinski definition) is 0. The number of hydrogen-bond acceptors (Lipinski definition) is 3. The maximum atomic E-state index is 8.61. The van der Waals surface area contributed by atoms with Gasteiger partial charge in [-0.1, -0.05) is 68.3 Å². The zero-order valence-electron chi connectivity index (χ0n) is 17.3. The van der Waals surface area contributed by atoms with Crippen molar-refractivity contribution in [1.82, 2.24) is 10.2 Å². The van der Waals surface area contributed by atoms with Gasteiger partial charge in [0.05, 0.1) is 17.5 Å². The monoisotopic (exact) mass is 383 g/mol. The number of nitrogens with zero attached hydrogens (tertiary/aromatic N) is 3. The van der Waals surface area contributed by atoms with Crippen molar-refractivity contribution < 1.29 is 0 Å². The van der Waals surface area contributed by atoms with Gasteiger partial charge < -0.3 is 0 Å². The van der Waals surface area contributed by atoms with Gasteiger partial charge in [0.2, 0.25) is 0 Å². The van der Waals surface area contributed by atoms with Crippen LogP contribution in [0.2, 0.25) is 0 Å². The molecule has 148 valence electrons. The first-order valence-electron chi connectivity index (χ1n) is 10.7. The third kappa shape index (κ3) is 6.26. The number of rotatable bonds is 10. The lowest BCUT2D eigenvalue weighted by Gasteiger charge is -2.06. The second-order valence-corrected chi connectivity index (χ2v) is 7.52. The van der Waals surface area contributed by atoms with E-state index in [4.69, 9.17) is 5.26 Å². The zero-order chi connectivity index (χ0) is 20.3. The van der Waals surface area contributed by atoms with Crippen molar-refractivity contribution in [3.8, 4) is 28.6 Å². The molecular weight excluding hydrogens is 354 g/mol. The summed E-state index contributed by atoms with van der Waals surface area (Å²) in [7, 11) is 0. The molecule has 3 aromatic rings. The Labute approximate surface area is 174 Å². The fourth-order valence-corrected chi connectivity index (χ4v) is 3.44. The molecule has 0 saturated heterocycles. The van der Waals surface area contributed by atoms with Gasteiger partial charge in [0.25, 0.3) is 0 Å². The van der Waals surface area contributed by atoms with Crippen LogP contribution in [-0.4, -0.2) is 10.2 Å². The van der Waals surface area contributed by atoms with Crippen molar-refractivity contribution in [1.29, 1.82) is 5.26 Å². The zero-order valence-corrected chi connectivity index (χ0v) is 17.3. The predicted octanol–water partition coefficient (Wildman–Crippen LogP) is 6.78. The smallest absolute Gasteiger partial charge is 0.0930 e. The molecule has 0 aliphatic heterocycles. The molecule has 0 amide bonds. The third-order valence-electron chi connectivity index (χ3n) is 5.24. The van der Waals surface area contributed by atoms with Gasteiger partial charge in [0, 0.05) is 17.5 Å². The first-order chi connectivity index (χ1) is 14.3. The summed E-state index contributed by atoms with van der Waals surface area (Å²) in [5.74, 6) is 0. The summed E-state index contributed by atoms with van der Waals surface area (Å²) in [6.07, 6.45) is 8.62. The Morgan fingerprint density at radius 3 is 1.55 bits per heavy atom. The first-order valence-corrected chi connectivity index (χ1v) is 10.7. The van der Waals surface area contributed by atoms with Crippen LogP contribution in [0.5, 0.6) is 0 Å². The van der Waals surface area contributed by atoms with E-state index in [9.17, 15) is 0 Å². The molecule has 1 aromatic heterocycles. The van der Waals surface area contributed by atoms with Gasteiger partial charge in [-0.05, 0) is 55.4 Å². The normalized spacial score (nSPS) is 10.6. The van der Waals surface area contributed by atoms with Gasteiger partial charge in [-0.3, -0.25) is 0 Å². The first kappa shape index (κ1) is 20.7. The van der Waals surface area contributed by atoms with Crippen LogP contribution in [0, 0.1) is 11.3 Å². The van der Waals surface area contributed by atoms with Crippen LogP contribution in [0.25, 0.3) is 22.5 Å². The molecule has 0 radical (unpaired) electrons. The molecular formula is C26H29N3. The topological polar surface area (TPSA) is 49.6 Å². The van der Waals surface area contributed by atoms with Crippen LogP contribution in [0.3, 0.4) is 0 Å². The van der Waals surface area contributed by atoms with Crippen LogP contribution >= 0.6 is 0 Å². The highest BCUT2D eigenvalue weighted by atomic mass is 15.1. The van der Waals surface area contributed by atoms with E-state index in [0.29, 0.717) is 6.42 Å². The summed E-state index contributed by atoms with van der Waals surface area (Å²) in [4.78, 5) is 0. The Bertz CT molecular complexity index is 904. The SMILES string of the molecule is CCCCCc1ccc(-c2ccc(-c3ccc(CCCCC#N)cc3)nn2)cc1. The minimum Gasteiger partial charge on any atom is -0.198 e. The molecule has 0 unspecified atom stereocenters. The van der Waals surface area contributed by atoms with E-state index in [2.05, 4.69) is 71.7 Å². The number of unbranched alkanes of at least 4 members (excludes halogenated alkanes) is 4. The maximum Gasteiger partial charge on any atom is 0.0930 e. The molecule has 0 saturated carbocycles. The van der Waals surface area contributed by atoms with E-state index in [1.54, 1.807) is 0 Å². The van der Waals surface area contributed by atoms with E-state index >= 15 is 0 Å². The summed E-state index contributed by atoms with van der Waals surface area (Å²) < 4.78 is 0. The van der Waals surface area contributed by atoms with Gasteiger partial charge in [-0.25, -0.2) is 0 Å². The van der Waals surface area contributed by atoms with Crippen LogP contribution < -0.4 is 0 Å². The average Bonchev–Trinajstić information content (AvgIpc) is 2.78. The van der Waals surface area contributed by atoms with Crippen molar-refractivity contribution in [2.24, 2.45) is 0 Å². The Morgan fingerprint density at radius 2 is 1.14 bits per heavy atom. The second kappa shape index (κ2) is 11.1. The molecule has 0 aliphatic rings. The second-order valence-electron chi connectivity index (χ2n) is 7.52. The van der Waals surface area contributed by atoms with Crippen molar-refractivity contribution in [2.75, 3.05) is 0 Å². The summed E-state index contributed by atoms with van der Waals surface area (Å²) in [5, 5.41) is 17.5. The van der Waals surface area contributed by atoms with Crippen molar-refractivity contribution in [2.45, 2.75) is 58.3 Å². The van der Waals surface area contributed by atoms with Crippen molar-refractivity contribution in [3.63, 3.8) is 0 Å². The number of benzene rings is 2. The lowest BCUT2D eigenvalue weighted by Crippen LogP contribution is -1.92. The molecule has 29 heavy (non-hydrogen) atoms. The maximum absolute atomic E-state index is 8.61.